The van der Waals surface area contributed by atoms with Crippen molar-refractivity contribution in [3.05, 3.63) is 47.0 Å². The summed E-state index contributed by atoms with van der Waals surface area (Å²) in [5, 5.41) is 3.13. The van der Waals surface area contributed by atoms with Crippen LogP contribution in [0.1, 0.15) is 23.2 Å². The van der Waals surface area contributed by atoms with Gasteiger partial charge in [-0.2, -0.15) is 0 Å². The van der Waals surface area contributed by atoms with Crippen LogP contribution >= 0.6 is 11.6 Å². The number of methoxy groups -OCH3 is 2. The molecule has 0 spiro atoms. The highest BCUT2D eigenvalue weighted by molar-refractivity contribution is 6.32. The number of hydrogen-bond donors (Lipinski definition) is 1. The Balaban J connectivity index is 1.81. The molecular formula is C21H20ClN3O5. The van der Waals surface area contributed by atoms with Crippen molar-refractivity contribution in [3.8, 4) is 11.5 Å². The summed E-state index contributed by atoms with van der Waals surface area (Å²) in [6, 6.07) is 9.85. The fraction of sp³-hybridized carbons (Fsp3) is 0.286. The zero-order valence-electron chi connectivity index (χ0n) is 16.7. The van der Waals surface area contributed by atoms with Crippen LogP contribution in [0.3, 0.4) is 0 Å². The van der Waals surface area contributed by atoms with E-state index >= 15 is 0 Å². The molecule has 3 amide bonds. The lowest BCUT2D eigenvalue weighted by molar-refractivity contribution is -0.128. The molecule has 9 heteroatoms. The molecule has 0 aliphatic carbocycles. The number of benzene rings is 2. The number of carbonyl (C=O) groups excluding carboxylic acids is 3. The average molecular weight is 430 g/mol. The molecule has 0 saturated carbocycles. The monoisotopic (exact) mass is 429 g/mol. The molecule has 0 bridgehead atoms. The van der Waals surface area contributed by atoms with E-state index in [1.54, 1.807) is 24.3 Å². The van der Waals surface area contributed by atoms with Crippen molar-refractivity contribution in [1.29, 1.82) is 0 Å². The first-order chi connectivity index (χ1) is 14.3. The number of amides is 3. The molecule has 30 heavy (non-hydrogen) atoms. The molecule has 2 heterocycles. The summed E-state index contributed by atoms with van der Waals surface area (Å²) < 4.78 is 10.6. The number of rotatable bonds is 4. The summed E-state index contributed by atoms with van der Waals surface area (Å²) >= 11 is 6.15. The second-order valence-electron chi connectivity index (χ2n) is 7.07. The standard InChI is InChI=1S/C21H20ClN3O5/c1-24-19(27)12-6-4-5-7-15(12)25-18(26)8-9-21(24,25)20(28)23-14-11-16(29-2)13(22)10-17(14)30-3/h4-7,10-11H,8-9H2,1-3H3,(H,23,28). The average Bonchev–Trinajstić information content (AvgIpc) is 3.11. The van der Waals surface area contributed by atoms with E-state index in [4.69, 9.17) is 21.1 Å². The Morgan fingerprint density at radius 2 is 1.83 bits per heavy atom. The minimum atomic E-state index is -1.49. The molecule has 1 fully saturated rings. The predicted octanol–water partition coefficient (Wildman–Crippen LogP) is 2.90. The van der Waals surface area contributed by atoms with Crippen molar-refractivity contribution in [3.63, 3.8) is 0 Å². The number of nitrogens with one attached hydrogen (secondary N) is 1. The molecule has 1 N–H and O–H groups in total. The second-order valence-corrected chi connectivity index (χ2v) is 7.48. The van der Waals surface area contributed by atoms with Crippen molar-refractivity contribution in [2.75, 3.05) is 31.5 Å². The van der Waals surface area contributed by atoms with E-state index in [0.29, 0.717) is 33.5 Å². The van der Waals surface area contributed by atoms with Gasteiger partial charge in [-0.15, -0.1) is 0 Å². The van der Waals surface area contributed by atoms with E-state index in [1.165, 1.54) is 43.2 Å². The Kier molecular flexibility index (Phi) is 4.82. The number of hydrogen-bond acceptors (Lipinski definition) is 5. The Morgan fingerprint density at radius 3 is 2.53 bits per heavy atom. The van der Waals surface area contributed by atoms with Crippen LogP contribution in [-0.2, 0) is 9.59 Å². The molecule has 0 aromatic heterocycles. The Morgan fingerprint density at radius 1 is 1.13 bits per heavy atom. The molecule has 2 aliphatic rings. The van der Waals surface area contributed by atoms with Gasteiger partial charge in [0.15, 0.2) is 0 Å². The second kappa shape index (κ2) is 7.21. The first-order valence-electron chi connectivity index (χ1n) is 9.28. The topological polar surface area (TPSA) is 88.2 Å². The molecular weight excluding hydrogens is 410 g/mol. The first kappa shape index (κ1) is 20.0. The number of likely N-dealkylation sites (N-methyl/N-ethyl adjacent to an activating group) is 1. The maximum atomic E-state index is 13.6. The van der Waals surface area contributed by atoms with Crippen LogP contribution in [0.5, 0.6) is 11.5 Å². The van der Waals surface area contributed by atoms with E-state index in [1.807, 2.05) is 0 Å². The highest BCUT2D eigenvalue weighted by Crippen LogP contribution is 2.45. The van der Waals surface area contributed by atoms with Gasteiger partial charge >= 0.3 is 0 Å². The minimum absolute atomic E-state index is 0.139. The number of halogens is 1. The zero-order valence-corrected chi connectivity index (χ0v) is 17.4. The highest BCUT2D eigenvalue weighted by Gasteiger charge is 2.59. The first-order valence-corrected chi connectivity index (χ1v) is 9.66. The molecule has 2 aliphatic heterocycles. The maximum Gasteiger partial charge on any atom is 0.271 e. The van der Waals surface area contributed by atoms with E-state index in [0.717, 1.165) is 0 Å². The third-order valence-electron chi connectivity index (χ3n) is 5.63. The van der Waals surface area contributed by atoms with E-state index < -0.39 is 11.6 Å². The van der Waals surface area contributed by atoms with Crippen LogP contribution in [0.4, 0.5) is 11.4 Å². The quantitative estimate of drug-likeness (QED) is 0.807. The number of carbonyl (C=O) groups is 3. The minimum Gasteiger partial charge on any atom is -0.495 e. The van der Waals surface area contributed by atoms with Gasteiger partial charge < -0.3 is 19.7 Å². The van der Waals surface area contributed by atoms with Crippen LogP contribution in [0.2, 0.25) is 5.02 Å². The summed E-state index contributed by atoms with van der Waals surface area (Å²) in [7, 11) is 4.44. The summed E-state index contributed by atoms with van der Waals surface area (Å²) in [6.45, 7) is 0. The van der Waals surface area contributed by atoms with Gasteiger partial charge in [-0.25, -0.2) is 0 Å². The van der Waals surface area contributed by atoms with Crippen molar-refractivity contribution in [1.82, 2.24) is 4.90 Å². The molecule has 4 rings (SSSR count). The van der Waals surface area contributed by atoms with Crippen LogP contribution in [0, 0.1) is 0 Å². The van der Waals surface area contributed by atoms with E-state index in [9.17, 15) is 14.4 Å². The number of ether oxygens (including phenoxy) is 2. The largest absolute Gasteiger partial charge is 0.495 e. The third kappa shape index (κ3) is 2.71. The number of para-hydroxylation sites is 1. The number of fused-ring (bicyclic) bond motifs is 3. The van der Waals surface area contributed by atoms with Gasteiger partial charge in [0.2, 0.25) is 11.6 Å². The Hall–Kier alpha value is -3.26. The van der Waals surface area contributed by atoms with Gasteiger partial charge in [-0.1, -0.05) is 23.7 Å². The molecule has 1 unspecified atom stereocenters. The van der Waals surface area contributed by atoms with Crippen molar-refractivity contribution in [2.45, 2.75) is 18.5 Å². The smallest absolute Gasteiger partial charge is 0.271 e. The highest BCUT2D eigenvalue weighted by atomic mass is 35.5. The molecule has 8 nitrogen and oxygen atoms in total. The van der Waals surface area contributed by atoms with Gasteiger partial charge in [0.1, 0.15) is 11.5 Å². The van der Waals surface area contributed by atoms with E-state index in [2.05, 4.69) is 5.32 Å². The third-order valence-corrected chi connectivity index (χ3v) is 5.92. The van der Waals surface area contributed by atoms with Crippen molar-refractivity contribution < 1.29 is 23.9 Å². The number of anilines is 2. The summed E-state index contributed by atoms with van der Waals surface area (Å²) in [6.07, 6.45) is 0.307. The van der Waals surface area contributed by atoms with Crippen LogP contribution < -0.4 is 19.7 Å². The summed E-state index contributed by atoms with van der Waals surface area (Å²) in [5.41, 5.74) is -0.360. The summed E-state index contributed by atoms with van der Waals surface area (Å²) in [4.78, 5) is 42.2. The fourth-order valence-electron chi connectivity index (χ4n) is 4.11. The van der Waals surface area contributed by atoms with Gasteiger partial charge in [0.25, 0.3) is 11.8 Å². The molecule has 1 atom stereocenters. The number of nitrogens with zero attached hydrogens (tertiary/aromatic N) is 2. The van der Waals surface area contributed by atoms with Crippen molar-refractivity contribution in [2.24, 2.45) is 0 Å². The van der Waals surface area contributed by atoms with Gasteiger partial charge in [0, 0.05) is 32.0 Å². The van der Waals surface area contributed by atoms with Gasteiger partial charge in [-0.3, -0.25) is 19.3 Å². The SMILES string of the molecule is COc1cc(NC(=O)C23CCC(=O)N2c2ccccc2C(=O)N3C)c(OC)cc1Cl. The lowest BCUT2D eigenvalue weighted by atomic mass is 9.96. The molecule has 2 aromatic carbocycles. The van der Waals surface area contributed by atoms with Gasteiger partial charge in [0.05, 0.1) is 36.2 Å². The molecule has 2 aromatic rings. The lowest BCUT2D eigenvalue weighted by Gasteiger charge is -2.47. The van der Waals surface area contributed by atoms with Gasteiger partial charge in [-0.05, 0) is 12.1 Å². The van der Waals surface area contributed by atoms with Crippen LogP contribution in [0.25, 0.3) is 0 Å². The van der Waals surface area contributed by atoms with E-state index in [-0.39, 0.29) is 24.7 Å². The van der Waals surface area contributed by atoms with Crippen LogP contribution in [0.15, 0.2) is 36.4 Å². The molecule has 0 radical (unpaired) electrons. The Bertz CT molecular complexity index is 1070. The van der Waals surface area contributed by atoms with Crippen molar-refractivity contribution >= 4 is 40.7 Å². The molecule has 156 valence electrons. The maximum absolute atomic E-state index is 13.6. The summed E-state index contributed by atoms with van der Waals surface area (Å²) in [5.74, 6) is -0.402. The van der Waals surface area contributed by atoms with Crippen LogP contribution in [-0.4, -0.2) is 49.6 Å². The predicted molar refractivity (Wildman–Crippen MR) is 111 cm³/mol. The Labute approximate surface area is 178 Å². The molecule has 1 saturated heterocycles. The lowest BCUT2D eigenvalue weighted by Crippen LogP contribution is -2.68. The zero-order chi connectivity index (χ0) is 21.6. The fourth-order valence-corrected chi connectivity index (χ4v) is 4.34. The normalized spacial score (nSPS) is 20.0.